The summed E-state index contributed by atoms with van der Waals surface area (Å²) in [6.07, 6.45) is 4.59. The average molecular weight is 439 g/mol. The number of anilines is 1. The molecule has 0 saturated carbocycles. The molecule has 0 spiro atoms. The van der Waals surface area contributed by atoms with Gasteiger partial charge in [-0.3, -0.25) is 19.3 Å². The Morgan fingerprint density at radius 3 is 2.45 bits per heavy atom. The summed E-state index contributed by atoms with van der Waals surface area (Å²) in [5.74, 6) is -0.335. The van der Waals surface area contributed by atoms with Crippen molar-refractivity contribution >= 4 is 39.1 Å². The molecule has 0 radical (unpaired) electrons. The maximum absolute atomic E-state index is 13.7. The van der Waals surface area contributed by atoms with Gasteiger partial charge in [-0.1, -0.05) is 17.7 Å². The Labute approximate surface area is 184 Å². The summed E-state index contributed by atoms with van der Waals surface area (Å²) in [5.41, 5.74) is 2.17. The van der Waals surface area contributed by atoms with E-state index in [1.54, 1.807) is 14.0 Å². The summed E-state index contributed by atoms with van der Waals surface area (Å²) < 4.78 is 1.41. The highest BCUT2D eigenvalue weighted by Gasteiger charge is 2.28. The fraction of sp³-hybridized carbons (Fsp3) is 0.391. The van der Waals surface area contributed by atoms with Crippen molar-refractivity contribution in [3.05, 3.63) is 57.0 Å². The zero-order valence-electron chi connectivity index (χ0n) is 18.1. The lowest BCUT2D eigenvalue weighted by atomic mass is 10.1. The molecule has 162 valence electrons. The second-order valence-electron chi connectivity index (χ2n) is 8.07. The predicted molar refractivity (Wildman–Crippen MR) is 123 cm³/mol. The van der Waals surface area contributed by atoms with Gasteiger partial charge in [-0.25, -0.2) is 4.98 Å². The van der Waals surface area contributed by atoms with Crippen LogP contribution in [0.15, 0.2) is 35.4 Å². The summed E-state index contributed by atoms with van der Waals surface area (Å²) in [6, 6.07) is 7.57. The van der Waals surface area contributed by atoms with Crippen molar-refractivity contribution in [3.63, 3.8) is 0 Å². The molecular weight excluding hydrogens is 412 g/mol. The van der Waals surface area contributed by atoms with E-state index in [0.29, 0.717) is 26.3 Å². The number of likely N-dealkylation sites (tertiary alicyclic amines) is 1. The molecule has 1 aliphatic rings. The number of fused-ring (bicyclic) bond motifs is 1. The molecule has 1 aromatic carbocycles. The first-order valence-corrected chi connectivity index (χ1v) is 11.3. The lowest BCUT2D eigenvalue weighted by molar-refractivity contribution is -0.130. The first-order chi connectivity index (χ1) is 14.9. The van der Waals surface area contributed by atoms with Gasteiger partial charge in [0.05, 0.1) is 16.6 Å². The molecule has 0 N–H and O–H groups in total. The number of carbonyl (C=O) groups excluding carboxylic acids is 2. The normalized spacial score (nSPS) is 14.1. The maximum Gasteiger partial charge on any atom is 0.269 e. The third-order valence-electron chi connectivity index (χ3n) is 5.80. The SMILES string of the molecule is Cc1ccc(N(CC(=O)N2CCCCC2)C(=O)c2sc3ncn(C)c(=O)c3c2C)cc1. The Morgan fingerprint density at radius 1 is 1.10 bits per heavy atom. The van der Waals surface area contributed by atoms with Gasteiger partial charge in [0.25, 0.3) is 11.5 Å². The summed E-state index contributed by atoms with van der Waals surface area (Å²) in [6.45, 7) is 5.19. The average Bonchev–Trinajstić information content (AvgIpc) is 3.12. The zero-order valence-corrected chi connectivity index (χ0v) is 18.9. The molecule has 7 nitrogen and oxygen atoms in total. The van der Waals surface area contributed by atoms with Gasteiger partial charge in [0, 0.05) is 25.8 Å². The predicted octanol–water partition coefficient (Wildman–Crippen LogP) is 3.27. The summed E-state index contributed by atoms with van der Waals surface area (Å²) in [7, 11) is 1.64. The lowest BCUT2D eigenvalue weighted by Crippen LogP contribution is -2.44. The fourth-order valence-corrected chi connectivity index (χ4v) is 5.01. The van der Waals surface area contributed by atoms with E-state index in [9.17, 15) is 14.4 Å². The molecule has 2 aromatic heterocycles. The number of aromatic nitrogens is 2. The van der Waals surface area contributed by atoms with Crippen molar-refractivity contribution in [2.45, 2.75) is 33.1 Å². The number of thiophene rings is 1. The van der Waals surface area contributed by atoms with Crippen LogP contribution >= 0.6 is 11.3 Å². The molecule has 1 fully saturated rings. The third kappa shape index (κ3) is 4.12. The molecule has 0 unspecified atom stereocenters. The Kier molecular flexibility index (Phi) is 5.91. The van der Waals surface area contributed by atoms with Gasteiger partial charge in [0.1, 0.15) is 11.4 Å². The van der Waals surface area contributed by atoms with Crippen LogP contribution in [0, 0.1) is 13.8 Å². The second kappa shape index (κ2) is 8.63. The second-order valence-corrected chi connectivity index (χ2v) is 9.06. The Balaban J connectivity index is 1.73. The Morgan fingerprint density at radius 2 is 1.77 bits per heavy atom. The van der Waals surface area contributed by atoms with E-state index in [1.807, 2.05) is 36.1 Å². The molecule has 0 bridgehead atoms. The number of carbonyl (C=O) groups is 2. The molecule has 3 aromatic rings. The van der Waals surface area contributed by atoms with Crippen molar-refractivity contribution in [3.8, 4) is 0 Å². The largest absolute Gasteiger partial charge is 0.341 e. The standard InChI is InChI=1S/C23H26N4O3S/c1-15-7-9-17(10-8-15)27(13-18(28)26-11-5-4-6-12-26)23(30)20-16(2)19-21(31-20)24-14-25(3)22(19)29/h7-10,14H,4-6,11-13H2,1-3H3. The lowest BCUT2D eigenvalue weighted by Gasteiger charge is -2.30. The highest BCUT2D eigenvalue weighted by atomic mass is 32.1. The zero-order chi connectivity index (χ0) is 22.1. The van der Waals surface area contributed by atoms with E-state index in [0.717, 1.165) is 37.9 Å². The quantitative estimate of drug-likeness (QED) is 0.627. The van der Waals surface area contributed by atoms with Crippen LogP contribution in [0.1, 0.15) is 40.1 Å². The minimum absolute atomic E-state index is 0.0268. The van der Waals surface area contributed by atoms with Crippen molar-refractivity contribution < 1.29 is 9.59 Å². The van der Waals surface area contributed by atoms with Gasteiger partial charge in [0.2, 0.25) is 5.91 Å². The third-order valence-corrected chi connectivity index (χ3v) is 6.99. The molecule has 31 heavy (non-hydrogen) atoms. The van der Waals surface area contributed by atoms with E-state index in [-0.39, 0.29) is 23.9 Å². The Hall–Kier alpha value is -3.00. The van der Waals surface area contributed by atoms with Gasteiger partial charge in [-0.15, -0.1) is 11.3 Å². The van der Waals surface area contributed by atoms with Crippen molar-refractivity contribution in [2.24, 2.45) is 7.05 Å². The molecule has 0 atom stereocenters. The van der Waals surface area contributed by atoms with Crippen LogP contribution in [0.2, 0.25) is 0 Å². The topological polar surface area (TPSA) is 75.5 Å². The molecule has 1 aliphatic heterocycles. The molecule has 2 amide bonds. The van der Waals surface area contributed by atoms with Gasteiger partial charge in [-0.2, -0.15) is 0 Å². The molecule has 1 saturated heterocycles. The van der Waals surface area contributed by atoms with E-state index in [2.05, 4.69) is 4.98 Å². The summed E-state index contributed by atoms with van der Waals surface area (Å²) in [5, 5.41) is 0.463. The van der Waals surface area contributed by atoms with Crippen molar-refractivity contribution in [1.82, 2.24) is 14.5 Å². The van der Waals surface area contributed by atoms with E-state index in [1.165, 1.54) is 27.1 Å². The first kappa shape index (κ1) is 21.2. The van der Waals surface area contributed by atoms with Crippen LogP contribution in [-0.2, 0) is 11.8 Å². The smallest absolute Gasteiger partial charge is 0.269 e. The van der Waals surface area contributed by atoms with E-state index >= 15 is 0 Å². The molecule has 8 heteroatoms. The monoisotopic (exact) mass is 438 g/mol. The van der Waals surface area contributed by atoms with E-state index in [4.69, 9.17) is 0 Å². The number of amides is 2. The van der Waals surface area contributed by atoms with Crippen LogP contribution in [-0.4, -0.2) is 45.9 Å². The number of piperidine rings is 1. The van der Waals surface area contributed by atoms with Crippen LogP contribution in [0.4, 0.5) is 5.69 Å². The minimum atomic E-state index is -0.281. The first-order valence-electron chi connectivity index (χ1n) is 10.5. The number of hydrogen-bond acceptors (Lipinski definition) is 5. The molecule has 0 aliphatic carbocycles. The number of rotatable bonds is 4. The Bertz CT molecular complexity index is 1190. The van der Waals surface area contributed by atoms with Crippen LogP contribution < -0.4 is 10.5 Å². The maximum atomic E-state index is 13.7. The molecule has 4 rings (SSSR count). The van der Waals surface area contributed by atoms with Gasteiger partial charge >= 0.3 is 0 Å². The van der Waals surface area contributed by atoms with Gasteiger partial charge in [0.15, 0.2) is 0 Å². The van der Waals surface area contributed by atoms with Crippen LogP contribution in [0.3, 0.4) is 0 Å². The van der Waals surface area contributed by atoms with E-state index < -0.39 is 0 Å². The van der Waals surface area contributed by atoms with Gasteiger partial charge < -0.3 is 9.47 Å². The van der Waals surface area contributed by atoms with Crippen molar-refractivity contribution in [1.29, 1.82) is 0 Å². The number of hydrogen-bond donors (Lipinski definition) is 0. The highest BCUT2D eigenvalue weighted by Crippen LogP contribution is 2.30. The number of benzene rings is 1. The van der Waals surface area contributed by atoms with Gasteiger partial charge in [-0.05, 0) is 50.8 Å². The summed E-state index contributed by atoms with van der Waals surface area (Å²) in [4.78, 5) is 47.9. The van der Waals surface area contributed by atoms with Crippen LogP contribution in [0.5, 0.6) is 0 Å². The van der Waals surface area contributed by atoms with Crippen molar-refractivity contribution in [2.75, 3.05) is 24.5 Å². The fourth-order valence-electron chi connectivity index (χ4n) is 3.92. The number of aryl methyl sites for hydroxylation is 3. The summed E-state index contributed by atoms with van der Waals surface area (Å²) >= 11 is 1.20. The highest BCUT2D eigenvalue weighted by molar-refractivity contribution is 7.20. The minimum Gasteiger partial charge on any atom is -0.341 e. The number of nitrogens with zero attached hydrogens (tertiary/aromatic N) is 4. The molecular formula is C23H26N4O3S. The van der Waals surface area contributed by atoms with Crippen LogP contribution in [0.25, 0.3) is 10.2 Å². The molecule has 3 heterocycles.